The molecule has 2 aliphatic rings. The second-order valence-corrected chi connectivity index (χ2v) is 13.0. The number of hydrogen-bond acceptors (Lipinski definition) is 6. The summed E-state index contributed by atoms with van der Waals surface area (Å²) in [6, 6.07) is 5.90. The van der Waals surface area contributed by atoms with Crippen LogP contribution in [0.4, 0.5) is 0 Å². The van der Waals surface area contributed by atoms with Crippen LogP contribution in [0.15, 0.2) is 29.2 Å². The van der Waals surface area contributed by atoms with Gasteiger partial charge < -0.3 is 9.80 Å². The lowest BCUT2D eigenvalue weighted by molar-refractivity contribution is -0.136. The van der Waals surface area contributed by atoms with E-state index in [0.29, 0.717) is 32.6 Å². The van der Waals surface area contributed by atoms with Crippen LogP contribution in [0, 0.1) is 5.92 Å². The van der Waals surface area contributed by atoms with Gasteiger partial charge in [-0.1, -0.05) is 6.07 Å². The topological polar surface area (TPSA) is 121 Å². The number of carbonyl (C=O) groups excluding carboxylic acids is 2. The first-order chi connectivity index (χ1) is 14.3. The summed E-state index contributed by atoms with van der Waals surface area (Å²) < 4.78 is 51.0. The molecule has 0 spiro atoms. The van der Waals surface area contributed by atoms with Gasteiger partial charge in [0.05, 0.1) is 22.3 Å². The first-order valence-corrected chi connectivity index (χ1v) is 13.5. The molecule has 0 aromatic heterocycles. The highest BCUT2D eigenvalue weighted by Crippen LogP contribution is 2.22. The van der Waals surface area contributed by atoms with Crippen molar-refractivity contribution in [2.45, 2.75) is 37.6 Å². The zero-order valence-corrected chi connectivity index (χ0v) is 19.6. The molecule has 0 aliphatic carbocycles. The van der Waals surface area contributed by atoms with E-state index in [-0.39, 0.29) is 33.8 Å². The Bertz CT molecular complexity index is 1070. The average Bonchev–Trinajstić information content (AvgIpc) is 3.05. The number of piperazine rings is 1. The molecule has 1 N–H and O–H groups in total. The Kier molecular flexibility index (Phi) is 6.50. The molecule has 2 amide bonds. The second-order valence-electron chi connectivity index (χ2n) is 9.10. The van der Waals surface area contributed by atoms with Crippen LogP contribution < -0.4 is 4.72 Å². The van der Waals surface area contributed by atoms with Crippen LogP contribution in [-0.2, 0) is 24.7 Å². The minimum atomic E-state index is -3.77. The third kappa shape index (κ3) is 5.83. The predicted molar refractivity (Wildman–Crippen MR) is 116 cm³/mol. The van der Waals surface area contributed by atoms with Crippen molar-refractivity contribution >= 4 is 31.7 Å². The molecule has 3 rings (SSSR count). The number of rotatable bonds is 4. The summed E-state index contributed by atoms with van der Waals surface area (Å²) in [4.78, 5) is 28.7. The van der Waals surface area contributed by atoms with Gasteiger partial charge in [0, 0.05) is 37.3 Å². The standard InChI is InChI=1S/C20H29N3O6S2/c1-20(2,3)21-31(28,29)17-6-4-5-15(13-17)18(24)22-8-10-23(11-9-22)19(25)16-7-12-30(26,27)14-16/h4-6,13,16,21H,7-12,14H2,1-3H3. The number of sulfone groups is 1. The largest absolute Gasteiger partial charge is 0.339 e. The number of hydrogen-bond donors (Lipinski definition) is 1. The molecule has 9 nitrogen and oxygen atoms in total. The Morgan fingerprint density at radius 2 is 1.68 bits per heavy atom. The van der Waals surface area contributed by atoms with Crippen LogP contribution >= 0.6 is 0 Å². The van der Waals surface area contributed by atoms with Crippen molar-refractivity contribution in [3.05, 3.63) is 29.8 Å². The molecule has 2 aliphatic heterocycles. The lowest BCUT2D eigenvalue weighted by atomic mass is 10.1. The molecule has 1 aromatic carbocycles. The summed E-state index contributed by atoms with van der Waals surface area (Å²) in [6.45, 7) is 6.47. The van der Waals surface area contributed by atoms with E-state index in [2.05, 4.69) is 4.72 Å². The molecule has 0 bridgehead atoms. The molecular weight excluding hydrogens is 442 g/mol. The van der Waals surface area contributed by atoms with E-state index in [9.17, 15) is 26.4 Å². The van der Waals surface area contributed by atoms with E-state index in [4.69, 9.17) is 0 Å². The van der Waals surface area contributed by atoms with Gasteiger partial charge >= 0.3 is 0 Å². The molecule has 172 valence electrons. The minimum Gasteiger partial charge on any atom is -0.339 e. The molecule has 2 heterocycles. The highest BCUT2D eigenvalue weighted by molar-refractivity contribution is 7.91. The van der Waals surface area contributed by atoms with E-state index < -0.39 is 31.3 Å². The Morgan fingerprint density at radius 1 is 1.06 bits per heavy atom. The lowest BCUT2D eigenvalue weighted by Crippen LogP contribution is -2.52. The SMILES string of the molecule is CC(C)(C)NS(=O)(=O)c1cccc(C(=O)N2CCN(C(=O)C3CCS(=O)(=O)C3)CC2)c1. The normalized spacial score (nSPS) is 21.8. The van der Waals surface area contributed by atoms with Crippen molar-refractivity contribution in [1.29, 1.82) is 0 Å². The first-order valence-electron chi connectivity index (χ1n) is 10.2. The monoisotopic (exact) mass is 471 g/mol. The van der Waals surface area contributed by atoms with Gasteiger partial charge in [0.2, 0.25) is 15.9 Å². The molecule has 2 saturated heterocycles. The van der Waals surface area contributed by atoms with E-state index in [1.807, 2.05) is 0 Å². The lowest BCUT2D eigenvalue weighted by Gasteiger charge is -2.36. The summed E-state index contributed by atoms with van der Waals surface area (Å²) in [5.41, 5.74) is -0.390. The van der Waals surface area contributed by atoms with Gasteiger partial charge in [-0.3, -0.25) is 9.59 Å². The summed E-state index contributed by atoms with van der Waals surface area (Å²) in [7, 11) is -6.90. The minimum absolute atomic E-state index is 0.0181. The maximum atomic E-state index is 12.9. The second kappa shape index (κ2) is 8.51. The van der Waals surface area contributed by atoms with Crippen LogP contribution in [0.3, 0.4) is 0 Å². The van der Waals surface area contributed by atoms with Crippen molar-refractivity contribution in [3.8, 4) is 0 Å². The molecule has 11 heteroatoms. The van der Waals surface area contributed by atoms with E-state index in [1.165, 1.54) is 18.2 Å². The number of amides is 2. The van der Waals surface area contributed by atoms with Crippen LogP contribution in [0.5, 0.6) is 0 Å². The van der Waals surface area contributed by atoms with Gasteiger partial charge in [0.1, 0.15) is 0 Å². The highest BCUT2D eigenvalue weighted by atomic mass is 32.2. The van der Waals surface area contributed by atoms with Crippen molar-refractivity contribution in [3.63, 3.8) is 0 Å². The number of sulfonamides is 1. The smallest absolute Gasteiger partial charge is 0.254 e. The van der Waals surface area contributed by atoms with Crippen LogP contribution in [0.25, 0.3) is 0 Å². The zero-order valence-electron chi connectivity index (χ0n) is 18.0. The molecule has 31 heavy (non-hydrogen) atoms. The average molecular weight is 472 g/mol. The number of nitrogens with one attached hydrogen (secondary N) is 1. The van der Waals surface area contributed by atoms with Crippen LogP contribution in [-0.4, -0.2) is 81.7 Å². The molecular formula is C20H29N3O6S2. The Morgan fingerprint density at radius 3 is 2.23 bits per heavy atom. The molecule has 1 unspecified atom stereocenters. The summed E-state index contributed by atoms with van der Waals surface area (Å²) >= 11 is 0. The third-order valence-electron chi connectivity index (χ3n) is 5.29. The Labute approximate surface area is 183 Å². The number of carbonyl (C=O) groups is 2. The van der Waals surface area contributed by atoms with E-state index in [1.54, 1.807) is 36.6 Å². The molecule has 2 fully saturated rings. The Balaban J connectivity index is 1.64. The van der Waals surface area contributed by atoms with Gasteiger partial charge in [-0.15, -0.1) is 0 Å². The fourth-order valence-corrected chi connectivity index (χ4v) is 7.02. The highest BCUT2D eigenvalue weighted by Gasteiger charge is 2.36. The predicted octanol–water partition coefficient (Wildman–Crippen LogP) is 0.483. The fourth-order valence-electron chi connectivity index (χ4n) is 3.82. The quantitative estimate of drug-likeness (QED) is 0.682. The summed E-state index contributed by atoms with van der Waals surface area (Å²) in [5.74, 6) is -1.03. The molecule has 1 atom stereocenters. The van der Waals surface area contributed by atoms with Gasteiger partial charge in [0.25, 0.3) is 5.91 Å². The number of nitrogens with zero attached hydrogens (tertiary/aromatic N) is 2. The maximum absolute atomic E-state index is 12.9. The van der Waals surface area contributed by atoms with Crippen molar-refractivity contribution in [2.24, 2.45) is 5.92 Å². The Hall–Kier alpha value is -1.98. The fraction of sp³-hybridized carbons (Fsp3) is 0.600. The van der Waals surface area contributed by atoms with E-state index >= 15 is 0 Å². The first kappa shape index (κ1) is 23.7. The van der Waals surface area contributed by atoms with Crippen molar-refractivity contribution in [1.82, 2.24) is 14.5 Å². The summed E-state index contributed by atoms with van der Waals surface area (Å²) in [5, 5.41) is 0. The maximum Gasteiger partial charge on any atom is 0.254 e. The van der Waals surface area contributed by atoms with Gasteiger partial charge in [-0.25, -0.2) is 21.6 Å². The van der Waals surface area contributed by atoms with Gasteiger partial charge in [-0.2, -0.15) is 0 Å². The van der Waals surface area contributed by atoms with Gasteiger partial charge in [0.15, 0.2) is 9.84 Å². The van der Waals surface area contributed by atoms with Crippen LogP contribution in [0.2, 0.25) is 0 Å². The van der Waals surface area contributed by atoms with E-state index in [0.717, 1.165) is 0 Å². The number of benzene rings is 1. The summed E-state index contributed by atoms with van der Waals surface area (Å²) in [6.07, 6.45) is 0.351. The van der Waals surface area contributed by atoms with Crippen LogP contribution in [0.1, 0.15) is 37.6 Å². The van der Waals surface area contributed by atoms with Gasteiger partial charge in [-0.05, 0) is 45.4 Å². The zero-order chi connectivity index (χ0) is 23.0. The third-order valence-corrected chi connectivity index (χ3v) is 8.82. The van der Waals surface area contributed by atoms with Crippen molar-refractivity contribution in [2.75, 3.05) is 37.7 Å². The molecule has 0 saturated carbocycles. The molecule has 1 aromatic rings. The van der Waals surface area contributed by atoms with Crippen molar-refractivity contribution < 1.29 is 26.4 Å². The molecule has 0 radical (unpaired) electrons.